The molecule has 0 heterocycles. The minimum Gasteiger partial charge on any atom is -0.493 e. The van der Waals surface area contributed by atoms with Crippen LogP contribution in [0.4, 0.5) is 0 Å². The van der Waals surface area contributed by atoms with Gasteiger partial charge in [0, 0.05) is 16.8 Å². The third kappa shape index (κ3) is 4.02. The van der Waals surface area contributed by atoms with E-state index in [1.54, 1.807) is 24.3 Å². The maximum absolute atomic E-state index is 12.6. The summed E-state index contributed by atoms with van der Waals surface area (Å²) in [7, 11) is -3.71. The first kappa shape index (κ1) is 17.7. The third-order valence-electron chi connectivity index (χ3n) is 3.63. The molecule has 0 saturated carbocycles. The van der Waals surface area contributed by atoms with Gasteiger partial charge in [-0.1, -0.05) is 38.1 Å². The number of aliphatic hydroxyl groups excluding tert-OH is 1. The number of hydrogen-bond donors (Lipinski definition) is 2. The highest BCUT2D eigenvalue weighted by Crippen LogP contribution is 2.31. The number of sulfonamides is 1. The first-order valence-corrected chi connectivity index (χ1v) is 9.29. The van der Waals surface area contributed by atoms with Crippen molar-refractivity contribution in [1.29, 1.82) is 0 Å². The van der Waals surface area contributed by atoms with E-state index in [-0.39, 0.29) is 11.5 Å². The molecule has 2 N–H and O–H groups in total. The molecule has 23 heavy (non-hydrogen) atoms. The Kier molecular flexibility index (Phi) is 5.98. The molecule has 1 atom stereocenters. The summed E-state index contributed by atoms with van der Waals surface area (Å²) >= 11 is 0. The number of nitrogens with one attached hydrogen (secondary N) is 1. The van der Waals surface area contributed by atoms with Crippen LogP contribution in [0.15, 0.2) is 41.3 Å². The molecule has 0 aliphatic carbocycles. The lowest BCUT2D eigenvalue weighted by Crippen LogP contribution is -2.36. The van der Waals surface area contributed by atoms with Gasteiger partial charge in [0.15, 0.2) is 0 Å². The highest BCUT2D eigenvalue weighted by atomic mass is 32.2. The van der Waals surface area contributed by atoms with E-state index >= 15 is 0 Å². The SMILES string of the molecule is CCCOc1ccc(S(=O)(=O)N[C@@H](CC)CO)c2ccccc12. The zero-order chi connectivity index (χ0) is 16.9. The summed E-state index contributed by atoms with van der Waals surface area (Å²) in [6.45, 7) is 4.19. The van der Waals surface area contributed by atoms with Gasteiger partial charge >= 0.3 is 0 Å². The first-order valence-electron chi connectivity index (χ1n) is 7.81. The highest BCUT2D eigenvalue weighted by Gasteiger charge is 2.22. The molecule has 0 aliphatic heterocycles. The lowest BCUT2D eigenvalue weighted by atomic mass is 10.1. The molecule has 0 aromatic heterocycles. The Hall–Kier alpha value is -1.63. The largest absolute Gasteiger partial charge is 0.493 e. The molecule has 0 saturated heterocycles. The van der Waals surface area contributed by atoms with Crippen LogP contribution in [0.3, 0.4) is 0 Å². The van der Waals surface area contributed by atoms with Crippen LogP contribution in [0, 0.1) is 0 Å². The van der Waals surface area contributed by atoms with Crippen molar-refractivity contribution in [3.63, 3.8) is 0 Å². The van der Waals surface area contributed by atoms with Crippen LogP contribution in [-0.4, -0.2) is 32.8 Å². The summed E-state index contributed by atoms with van der Waals surface area (Å²) in [6.07, 6.45) is 1.40. The molecule has 0 fully saturated rings. The monoisotopic (exact) mass is 337 g/mol. The molecule has 0 radical (unpaired) electrons. The van der Waals surface area contributed by atoms with E-state index in [0.29, 0.717) is 24.2 Å². The van der Waals surface area contributed by atoms with Gasteiger partial charge in [0.1, 0.15) is 5.75 Å². The molecule has 0 spiro atoms. The van der Waals surface area contributed by atoms with E-state index in [1.807, 2.05) is 26.0 Å². The maximum atomic E-state index is 12.6. The van der Waals surface area contributed by atoms with E-state index in [4.69, 9.17) is 4.74 Å². The topological polar surface area (TPSA) is 75.6 Å². The Labute approximate surface area is 137 Å². The molecule has 5 nitrogen and oxygen atoms in total. The molecular formula is C17H23NO4S. The highest BCUT2D eigenvalue weighted by molar-refractivity contribution is 7.89. The average molecular weight is 337 g/mol. The smallest absolute Gasteiger partial charge is 0.241 e. The van der Waals surface area contributed by atoms with Crippen LogP contribution in [-0.2, 0) is 10.0 Å². The summed E-state index contributed by atoms with van der Waals surface area (Å²) in [5, 5.41) is 10.6. The second-order valence-corrected chi connectivity index (χ2v) is 7.05. The van der Waals surface area contributed by atoms with Crippen LogP contribution in [0.1, 0.15) is 26.7 Å². The number of rotatable bonds is 8. The predicted octanol–water partition coefficient (Wildman–Crippen LogP) is 2.68. The molecular weight excluding hydrogens is 314 g/mol. The lowest BCUT2D eigenvalue weighted by Gasteiger charge is -2.17. The van der Waals surface area contributed by atoms with Crippen LogP contribution in [0.25, 0.3) is 10.8 Å². The Morgan fingerprint density at radius 1 is 1.13 bits per heavy atom. The van der Waals surface area contributed by atoms with Gasteiger partial charge in [-0.05, 0) is 25.0 Å². The molecule has 0 bridgehead atoms. The number of benzene rings is 2. The molecule has 0 aliphatic rings. The zero-order valence-corrected chi connectivity index (χ0v) is 14.3. The van der Waals surface area contributed by atoms with Crippen molar-refractivity contribution in [1.82, 2.24) is 4.72 Å². The normalized spacial score (nSPS) is 13.2. The minimum absolute atomic E-state index is 0.198. The summed E-state index contributed by atoms with van der Waals surface area (Å²) in [6, 6.07) is 10.0. The molecule has 6 heteroatoms. The second-order valence-electron chi connectivity index (χ2n) is 5.36. The second kappa shape index (κ2) is 7.77. The Bertz CT molecular complexity index is 754. The van der Waals surface area contributed by atoms with Crippen molar-refractivity contribution >= 4 is 20.8 Å². The average Bonchev–Trinajstić information content (AvgIpc) is 2.57. The summed E-state index contributed by atoms with van der Waals surface area (Å²) in [5.41, 5.74) is 0. The third-order valence-corrected chi connectivity index (χ3v) is 5.21. The molecule has 2 rings (SSSR count). The van der Waals surface area contributed by atoms with Crippen LogP contribution >= 0.6 is 0 Å². The molecule has 2 aromatic carbocycles. The fourth-order valence-corrected chi connectivity index (χ4v) is 3.87. The van der Waals surface area contributed by atoms with Crippen molar-refractivity contribution in [2.24, 2.45) is 0 Å². The fourth-order valence-electron chi connectivity index (χ4n) is 2.35. The van der Waals surface area contributed by atoms with Gasteiger partial charge in [0.25, 0.3) is 0 Å². The van der Waals surface area contributed by atoms with Gasteiger partial charge in [-0.2, -0.15) is 0 Å². The molecule has 126 valence electrons. The number of fused-ring (bicyclic) bond motifs is 1. The van der Waals surface area contributed by atoms with Crippen molar-refractivity contribution in [2.75, 3.05) is 13.2 Å². The van der Waals surface area contributed by atoms with Crippen molar-refractivity contribution in [3.05, 3.63) is 36.4 Å². The van der Waals surface area contributed by atoms with Crippen molar-refractivity contribution < 1.29 is 18.3 Å². The van der Waals surface area contributed by atoms with Crippen LogP contribution in [0.5, 0.6) is 5.75 Å². The number of aliphatic hydroxyl groups is 1. The maximum Gasteiger partial charge on any atom is 0.241 e. The molecule has 0 amide bonds. The zero-order valence-electron chi connectivity index (χ0n) is 13.5. The summed E-state index contributed by atoms with van der Waals surface area (Å²) in [5.74, 6) is 0.676. The van der Waals surface area contributed by atoms with Crippen LogP contribution in [0.2, 0.25) is 0 Å². The van der Waals surface area contributed by atoms with E-state index in [0.717, 1.165) is 11.8 Å². The fraction of sp³-hybridized carbons (Fsp3) is 0.412. The Balaban J connectivity index is 2.50. The molecule has 2 aromatic rings. The minimum atomic E-state index is -3.71. The van der Waals surface area contributed by atoms with E-state index in [1.165, 1.54) is 0 Å². The predicted molar refractivity (Wildman–Crippen MR) is 91.2 cm³/mol. The van der Waals surface area contributed by atoms with Crippen molar-refractivity contribution in [2.45, 2.75) is 37.6 Å². The van der Waals surface area contributed by atoms with Gasteiger partial charge in [-0.3, -0.25) is 0 Å². The quantitative estimate of drug-likeness (QED) is 0.776. The van der Waals surface area contributed by atoms with Gasteiger partial charge < -0.3 is 9.84 Å². The first-order chi connectivity index (χ1) is 11.0. The van der Waals surface area contributed by atoms with E-state index in [9.17, 15) is 13.5 Å². The van der Waals surface area contributed by atoms with E-state index in [2.05, 4.69) is 4.72 Å². The summed E-state index contributed by atoms with van der Waals surface area (Å²) < 4.78 is 33.5. The van der Waals surface area contributed by atoms with Gasteiger partial charge in [-0.25, -0.2) is 13.1 Å². The van der Waals surface area contributed by atoms with Crippen molar-refractivity contribution in [3.8, 4) is 5.75 Å². The van der Waals surface area contributed by atoms with E-state index < -0.39 is 16.1 Å². The Morgan fingerprint density at radius 2 is 1.83 bits per heavy atom. The van der Waals surface area contributed by atoms with Crippen LogP contribution < -0.4 is 9.46 Å². The Morgan fingerprint density at radius 3 is 2.43 bits per heavy atom. The standard InChI is InChI=1S/C17H23NO4S/c1-3-11-22-16-9-10-17(15-8-6-5-7-14(15)16)23(20,21)18-13(4-2)12-19/h5-10,13,18-19H,3-4,11-12H2,1-2H3/t13-/m0/s1. The number of ether oxygens (including phenoxy) is 1. The van der Waals surface area contributed by atoms with Gasteiger partial charge in [-0.15, -0.1) is 0 Å². The lowest BCUT2D eigenvalue weighted by molar-refractivity contribution is 0.254. The number of hydrogen-bond acceptors (Lipinski definition) is 4. The molecule has 0 unspecified atom stereocenters. The van der Waals surface area contributed by atoms with Gasteiger partial charge in [0.2, 0.25) is 10.0 Å². The van der Waals surface area contributed by atoms with Gasteiger partial charge in [0.05, 0.1) is 18.1 Å². The summed E-state index contributed by atoms with van der Waals surface area (Å²) in [4.78, 5) is 0.198.